The van der Waals surface area contributed by atoms with E-state index in [1.165, 1.54) is 26.4 Å². The number of piperidine rings is 1. The van der Waals surface area contributed by atoms with Gasteiger partial charge in [0.1, 0.15) is 18.0 Å². The lowest BCUT2D eigenvalue weighted by Gasteiger charge is -2.47. The number of carbonyl (C=O) groups excluding carboxylic acids is 4. The Bertz CT molecular complexity index is 1230. The fraction of sp³-hybridized carbons (Fsp3) is 0.407. The van der Waals surface area contributed by atoms with Crippen LogP contribution in [0.5, 0.6) is 11.5 Å². The number of ether oxygens (including phenoxy) is 2. The van der Waals surface area contributed by atoms with Crippen molar-refractivity contribution >= 4 is 35.0 Å². The lowest BCUT2D eigenvalue weighted by Crippen LogP contribution is -2.60. The number of likely N-dealkylation sites (tertiary alicyclic amines) is 1. The van der Waals surface area contributed by atoms with E-state index in [9.17, 15) is 19.2 Å². The van der Waals surface area contributed by atoms with Gasteiger partial charge in [-0.1, -0.05) is 39.0 Å². The van der Waals surface area contributed by atoms with E-state index in [0.717, 1.165) is 4.90 Å². The summed E-state index contributed by atoms with van der Waals surface area (Å²) < 4.78 is 10.8. The average molecular weight is 494 g/mol. The van der Waals surface area contributed by atoms with E-state index >= 15 is 0 Å². The van der Waals surface area contributed by atoms with Crippen LogP contribution in [0, 0.1) is 16.7 Å². The second kappa shape index (κ2) is 9.29. The van der Waals surface area contributed by atoms with Crippen LogP contribution in [-0.4, -0.2) is 49.3 Å². The molecule has 1 aliphatic carbocycles. The SMILES string of the molecule is COc1cc(NC(=O)c2ccccc2)c(OC)cc1NC(=O)CN1C(=O)C2CCC(C)(C1=O)C2(C)C. The van der Waals surface area contributed by atoms with Crippen molar-refractivity contribution in [3.05, 3.63) is 48.0 Å². The second-order valence-electron chi connectivity index (χ2n) is 10.00. The molecule has 1 saturated carbocycles. The molecule has 0 radical (unpaired) electrons. The molecule has 2 aliphatic rings. The molecular weight excluding hydrogens is 462 g/mol. The van der Waals surface area contributed by atoms with Gasteiger partial charge in [-0.05, 0) is 30.4 Å². The largest absolute Gasteiger partial charge is 0.494 e. The van der Waals surface area contributed by atoms with Gasteiger partial charge in [-0.15, -0.1) is 0 Å². The predicted octanol–water partition coefficient (Wildman–Crippen LogP) is 3.71. The Kier molecular flexibility index (Phi) is 6.51. The number of carbonyl (C=O) groups is 4. The summed E-state index contributed by atoms with van der Waals surface area (Å²) in [5.41, 5.74) is -0.0359. The van der Waals surface area contributed by atoms with Crippen LogP contribution in [0.1, 0.15) is 44.0 Å². The highest BCUT2D eigenvalue weighted by Crippen LogP contribution is 2.60. The van der Waals surface area contributed by atoms with Gasteiger partial charge in [0.05, 0.1) is 31.0 Å². The molecule has 2 N–H and O–H groups in total. The van der Waals surface area contributed by atoms with Crippen LogP contribution in [0.3, 0.4) is 0 Å². The third-order valence-electron chi connectivity index (χ3n) is 7.89. The Morgan fingerprint density at radius 3 is 2.14 bits per heavy atom. The molecule has 190 valence electrons. The molecule has 2 aromatic rings. The van der Waals surface area contributed by atoms with Gasteiger partial charge >= 0.3 is 0 Å². The molecule has 9 heteroatoms. The quantitative estimate of drug-likeness (QED) is 0.569. The number of fused-ring (bicyclic) bond motifs is 2. The number of amides is 4. The molecule has 4 amide bonds. The molecule has 2 atom stereocenters. The van der Waals surface area contributed by atoms with E-state index < -0.39 is 23.3 Å². The van der Waals surface area contributed by atoms with Crippen molar-refractivity contribution in [2.75, 3.05) is 31.4 Å². The van der Waals surface area contributed by atoms with Gasteiger partial charge in [0.25, 0.3) is 5.91 Å². The minimum Gasteiger partial charge on any atom is -0.494 e. The Balaban J connectivity index is 1.53. The van der Waals surface area contributed by atoms with E-state index in [1.807, 2.05) is 26.8 Å². The Morgan fingerprint density at radius 1 is 0.972 bits per heavy atom. The molecule has 36 heavy (non-hydrogen) atoms. The molecule has 0 spiro atoms. The van der Waals surface area contributed by atoms with Crippen molar-refractivity contribution in [1.29, 1.82) is 0 Å². The molecular formula is C27H31N3O6. The zero-order chi connectivity index (χ0) is 26.3. The summed E-state index contributed by atoms with van der Waals surface area (Å²) in [6.45, 7) is 5.39. The first-order valence-corrected chi connectivity index (χ1v) is 11.8. The normalized spacial score (nSPS) is 22.2. The van der Waals surface area contributed by atoms with Gasteiger partial charge in [0.2, 0.25) is 17.7 Å². The van der Waals surface area contributed by atoms with Crippen LogP contribution in [0.4, 0.5) is 11.4 Å². The fourth-order valence-electron chi connectivity index (χ4n) is 5.26. The first-order chi connectivity index (χ1) is 17.0. The van der Waals surface area contributed by atoms with Gasteiger partial charge in [-0.25, -0.2) is 0 Å². The van der Waals surface area contributed by atoms with Crippen molar-refractivity contribution < 1.29 is 28.7 Å². The highest BCUT2D eigenvalue weighted by molar-refractivity contribution is 6.08. The summed E-state index contributed by atoms with van der Waals surface area (Å²) >= 11 is 0. The minimum absolute atomic E-state index is 0.275. The third-order valence-corrected chi connectivity index (χ3v) is 7.89. The highest BCUT2D eigenvalue weighted by atomic mass is 16.5. The number of nitrogens with one attached hydrogen (secondary N) is 2. The molecule has 4 rings (SSSR count). The number of benzene rings is 2. The lowest BCUT2D eigenvalue weighted by molar-refractivity contribution is -0.168. The van der Waals surface area contributed by atoms with Crippen LogP contribution in [0.15, 0.2) is 42.5 Å². The van der Waals surface area contributed by atoms with Gasteiger partial charge in [0.15, 0.2) is 0 Å². The van der Waals surface area contributed by atoms with Gasteiger partial charge < -0.3 is 20.1 Å². The van der Waals surface area contributed by atoms with E-state index in [2.05, 4.69) is 10.6 Å². The summed E-state index contributed by atoms with van der Waals surface area (Å²) in [6.07, 6.45) is 1.25. The Labute approximate surface area is 210 Å². The fourth-order valence-corrected chi connectivity index (χ4v) is 5.26. The number of hydrogen-bond donors (Lipinski definition) is 2. The van der Waals surface area contributed by atoms with Crippen LogP contribution in [0.25, 0.3) is 0 Å². The van der Waals surface area contributed by atoms with Gasteiger partial charge in [-0.2, -0.15) is 0 Å². The Hall–Kier alpha value is -3.88. The summed E-state index contributed by atoms with van der Waals surface area (Å²) in [7, 11) is 2.87. The maximum atomic E-state index is 13.2. The zero-order valence-electron chi connectivity index (χ0n) is 21.1. The van der Waals surface area contributed by atoms with Crippen LogP contribution in [0.2, 0.25) is 0 Å². The minimum atomic E-state index is -0.689. The number of anilines is 2. The molecule has 1 saturated heterocycles. The molecule has 0 aromatic heterocycles. The second-order valence-corrected chi connectivity index (χ2v) is 10.00. The Morgan fingerprint density at radius 2 is 1.56 bits per heavy atom. The summed E-state index contributed by atoms with van der Waals surface area (Å²) in [6, 6.07) is 11.8. The molecule has 1 aliphatic heterocycles. The van der Waals surface area contributed by atoms with Crippen molar-refractivity contribution in [2.45, 2.75) is 33.6 Å². The summed E-state index contributed by atoms with van der Waals surface area (Å²) in [4.78, 5) is 53.0. The number of hydrogen-bond acceptors (Lipinski definition) is 6. The molecule has 9 nitrogen and oxygen atoms in total. The number of rotatable bonds is 7. The standard InChI is InChI=1S/C27H31N3O6/c1-26(2)17-11-12-27(26,3)25(34)30(24(17)33)15-22(31)28-18-13-21(36-5)19(14-20(18)35-4)29-23(32)16-9-7-6-8-10-16/h6-10,13-14,17H,11-12,15H2,1-5H3,(H,28,31)(H,29,32). The lowest BCUT2D eigenvalue weighted by atomic mass is 9.62. The maximum absolute atomic E-state index is 13.2. The molecule has 2 fully saturated rings. The third kappa shape index (κ3) is 4.08. The predicted molar refractivity (Wildman–Crippen MR) is 134 cm³/mol. The molecule has 2 unspecified atom stereocenters. The number of imide groups is 1. The van der Waals surface area contributed by atoms with Crippen LogP contribution >= 0.6 is 0 Å². The van der Waals surface area contributed by atoms with Crippen LogP contribution < -0.4 is 20.1 Å². The number of nitrogens with zero attached hydrogens (tertiary/aromatic N) is 1. The van der Waals surface area contributed by atoms with Crippen molar-refractivity contribution in [2.24, 2.45) is 16.7 Å². The maximum Gasteiger partial charge on any atom is 0.255 e. The summed E-state index contributed by atoms with van der Waals surface area (Å²) in [5.74, 6) is -1.22. The van der Waals surface area contributed by atoms with Gasteiger partial charge in [-0.3, -0.25) is 24.1 Å². The zero-order valence-corrected chi connectivity index (χ0v) is 21.1. The van der Waals surface area contributed by atoms with Crippen molar-refractivity contribution in [3.8, 4) is 11.5 Å². The van der Waals surface area contributed by atoms with Gasteiger partial charge in [0, 0.05) is 23.6 Å². The van der Waals surface area contributed by atoms with Crippen molar-refractivity contribution in [3.63, 3.8) is 0 Å². The molecule has 2 aromatic carbocycles. The first kappa shape index (κ1) is 25.2. The first-order valence-electron chi connectivity index (χ1n) is 11.8. The van der Waals surface area contributed by atoms with E-state index in [4.69, 9.17) is 9.47 Å². The molecule has 2 bridgehead atoms. The van der Waals surface area contributed by atoms with Crippen molar-refractivity contribution in [1.82, 2.24) is 4.90 Å². The average Bonchev–Trinajstić information content (AvgIpc) is 3.06. The van der Waals surface area contributed by atoms with E-state index in [1.54, 1.807) is 24.3 Å². The highest BCUT2D eigenvalue weighted by Gasteiger charge is 2.64. The number of methoxy groups -OCH3 is 2. The van der Waals surface area contributed by atoms with Crippen LogP contribution in [-0.2, 0) is 14.4 Å². The molecule has 1 heterocycles. The topological polar surface area (TPSA) is 114 Å². The monoisotopic (exact) mass is 493 g/mol. The smallest absolute Gasteiger partial charge is 0.255 e. The summed E-state index contributed by atoms with van der Waals surface area (Å²) in [5, 5.41) is 5.50. The van der Waals surface area contributed by atoms with E-state index in [0.29, 0.717) is 29.8 Å². The van der Waals surface area contributed by atoms with E-state index in [-0.39, 0.29) is 35.1 Å².